The first kappa shape index (κ1) is 20.2. The Morgan fingerprint density at radius 3 is 2.82 bits per heavy atom. The predicted molar refractivity (Wildman–Crippen MR) is 103 cm³/mol. The standard InChI is InChI=1S/C17H23N5O5S/c18-15(23)11-3-1-7-22(10-11)8-2-6-19-28(26,27)12-4-5-14-13(9-12)16(24)21-17(25)20-14/h4-5,9,11,19H,1-3,6-8,10H2,(H2,18,23)(H2,20,21,24,25). The summed E-state index contributed by atoms with van der Waals surface area (Å²) in [5.41, 5.74) is 4.33. The summed E-state index contributed by atoms with van der Waals surface area (Å²) < 4.78 is 27.5. The maximum absolute atomic E-state index is 12.5. The van der Waals surface area contributed by atoms with Gasteiger partial charge in [-0.25, -0.2) is 17.9 Å². The summed E-state index contributed by atoms with van der Waals surface area (Å²) >= 11 is 0. The lowest BCUT2D eigenvalue weighted by Crippen LogP contribution is -2.42. The zero-order chi connectivity index (χ0) is 20.3. The number of nitrogens with two attached hydrogens (primary N) is 1. The van der Waals surface area contributed by atoms with Crippen LogP contribution in [-0.2, 0) is 14.8 Å². The summed E-state index contributed by atoms with van der Waals surface area (Å²) in [6.45, 7) is 2.35. The summed E-state index contributed by atoms with van der Waals surface area (Å²) in [6.07, 6.45) is 2.27. The molecule has 1 unspecified atom stereocenters. The van der Waals surface area contributed by atoms with Crippen molar-refractivity contribution in [2.45, 2.75) is 24.2 Å². The maximum Gasteiger partial charge on any atom is 0.326 e. The van der Waals surface area contributed by atoms with Crippen LogP contribution in [0.5, 0.6) is 0 Å². The van der Waals surface area contributed by atoms with Gasteiger partial charge < -0.3 is 15.6 Å². The molecule has 0 bridgehead atoms. The Bertz CT molecular complexity index is 1090. The Labute approximate surface area is 161 Å². The molecule has 1 fully saturated rings. The van der Waals surface area contributed by atoms with Gasteiger partial charge in [-0.05, 0) is 50.6 Å². The molecule has 0 aliphatic carbocycles. The molecule has 152 valence electrons. The molecule has 1 aromatic heterocycles. The van der Waals surface area contributed by atoms with Crippen LogP contribution < -0.4 is 21.7 Å². The van der Waals surface area contributed by atoms with Crippen LogP contribution in [0.1, 0.15) is 19.3 Å². The maximum atomic E-state index is 12.5. The van der Waals surface area contributed by atoms with Gasteiger partial charge in [-0.15, -0.1) is 0 Å². The topological polar surface area (TPSA) is 158 Å². The third kappa shape index (κ3) is 4.66. The van der Waals surface area contributed by atoms with E-state index in [9.17, 15) is 22.8 Å². The second-order valence-corrected chi connectivity index (χ2v) is 8.68. The molecule has 2 aromatic rings. The van der Waals surface area contributed by atoms with Crippen molar-refractivity contribution in [3.8, 4) is 0 Å². The first-order valence-electron chi connectivity index (χ1n) is 9.04. The number of likely N-dealkylation sites (tertiary alicyclic amines) is 1. The highest BCUT2D eigenvalue weighted by molar-refractivity contribution is 7.89. The zero-order valence-electron chi connectivity index (χ0n) is 15.2. The number of nitrogens with one attached hydrogen (secondary N) is 3. The number of nitrogens with zero attached hydrogens (tertiary/aromatic N) is 1. The highest BCUT2D eigenvalue weighted by atomic mass is 32.2. The molecule has 28 heavy (non-hydrogen) atoms. The lowest BCUT2D eigenvalue weighted by atomic mass is 9.97. The van der Waals surface area contributed by atoms with Crippen LogP contribution in [0, 0.1) is 5.92 Å². The summed E-state index contributed by atoms with van der Waals surface area (Å²) in [5.74, 6) is -0.439. The molecule has 1 aliphatic rings. The molecular formula is C17H23N5O5S. The van der Waals surface area contributed by atoms with Crippen molar-refractivity contribution < 1.29 is 13.2 Å². The number of benzene rings is 1. The van der Waals surface area contributed by atoms with Crippen molar-refractivity contribution in [2.75, 3.05) is 26.2 Å². The minimum Gasteiger partial charge on any atom is -0.369 e. The van der Waals surface area contributed by atoms with Crippen LogP contribution in [-0.4, -0.2) is 55.4 Å². The largest absolute Gasteiger partial charge is 0.369 e. The normalized spacial score (nSPS) is 18.4. The molecule has 3 rings (SSSR count). The number of hydrogen-bond acceptors (Lipinski definition) is 6. The number of carbonyl (C=O) groups excluding carboxylic acids is 1. The van der Waals surface area contributed by atoms with Crippen molar-refractivity contribution in [3.63, 3.8) is 0 Å². The minimum atomic E-state index is -3.79. The van der Waals surface area contributed by atoms with E-state index in [1.54, 1.807) is 0 Å². The highest BCUT2D eigenvalue weighted by Gasteiger charge is 2.23. The molecule has 11 heteroatoms. The average Bonchev–Trinajstić information content (AvgIpc) is 2.65. The summed E-state index contributed by atoms with van der Waals surface area (Å²) in [7, 11) is -3.79. The van der Waals surface area contributed by atoms with Crippen molar-refractivity contribution in [1.29, 1.82) is 0 Å². The van der Waals surface area contributed by atoms with E-state index in [-0.39, 0.29) is 34.2 Å². The average molecular weight is 409 g/mol. The zero-order valence-corrected chi connectivity index (χ0v) is 16.0. The van der Waals surface area contributed by atoms with Crippen LogP contribution in [0.15, 0.2) is 32.7 Å². The molecule has 5 N–H and O–H groups in total. The minimum absolute atomic E-state index is 0.0516. The van der Waals surface area contributed by atoms with Gasteiger partial charge in [0.1, 0.15) is 0 Å². The molecule has 0 saturated carbocycles. The van der Waals surface area contributed by atoms with Crippen molar-refractivity contribution in [3.05, 3.63) is 39.0 Å². The second-order valence-electron chi connectivity index (χ2n) is 6.91. The van der Waals surface area contributed by atoms with Gasteiger partial charge in [-0.3, -0.25) is 14.6 Å². The second kappa shape index (κ2) is 8.25. The Morgan fingerprint density at radius 1 is 1.29 bits per heavy atom. The summed E-state index contributed by atoms with van der Waals surface area (Å²) in [5, 5.41) is 0.0910. The SMILES string of the molecule is NC(=O)C1CCCN(CCCNS(=O)(=O)c2ccc3[nH]c(=O)[nH]c(=O)c3c2)C1. The predicted octanol–water partition coefficient (Wildman–Crippen LogP) is -0.918. The third-order valence-corrected chi connectivity index (χ3v) is 6.33. The fourth-order valence-corrected chi connectivity index (χ4v) is 4.49. The fourth-order valence-electron chi connectivity index (χ4n) is 3.39. The van der Waals surface area contributed by atoms with Gasteiger partial charge in [-0.2, -0.15) is 0 Å². The molecule has 1 aromatic carbocycles. The van der Waals surface area contributed by atoms with Gasteiger partial charge in [0, 0.05) is 13.1 Å². The van der Waals surface area contributed by atoms with Crippen LogP contribution in [0.4, 0.5) is 0 Å². The third-order valence-electron chi connectivity index (χ3n) is 4.87. The quantitative estimate of drug-likeness (QED) is 0.433. The number of rotatable bonds is 7. The summed E-state index contributed by atoms with van der Waals surface area (Å²) in [6, 6.07) is 3.95. The number of aromatic nitrogens is 2. The lowest BCUT2D eigenvalue weighted by Gasteiger charge is -2.31. The first-order valence-corrected chi connectivity index (χ1v) is 10.5. The van der Waals surface area contributed by atoms with Gasteiger partial charge in [-0.1, -0.05) is 0 Å². The Balaban J connectivity index is 1.60. The van der Waals surface area contributed by atoms with E-state index in [2.05, 4.69) is 19.6 Å². The van der Waals surface area contributed by atoms with Crippen LogP contribution in [0.2, 0.25) is 0 Å². The number of amides is 1. The van der Waals surface area contributed by atoms with Gasteiger partial charge in [0.15, 0.2) is 0 Å². The molecule has 0 spiro atoms. The van der Waals surface area contributed by atoms with Crippen molar-refractivity contribution >= 4 is 26.8 Å². The van der Waals surface area contributed by atoms with E-state index in [4.69, 9.17) is 5.73 Å². The van der Waals surface area contributed by atoms with Gasteiger partial charge >= 0.3 is 5.69 Å². The molecular weight excluding hydrogens is 386 g/mol. The lowest BCUT2D eigenvalue weighted by molar-refractivity contribution is -0.123. The summed E-state index contributed by atoms with van der Waals surface area (Å²) in [4.78, 5) is 41.0. The Kier molecular flexibility index (Phi) is 5.96. The molecule has 1 amide bonds. The van der Waals surface area contributed by atoms with E-state index in [1.807, 2.05) is 0 Å². The molecule has 1 saturated heterocycles. The monoisotopic (exact) mass is 409 g/mol. The molecule has 2 heterocycles. The number of H-pyrrole nitrogens is 2. The van der Waals surface area contributed by atoms with Crippen molar-refractivity contribution in [1.82, 2.24) is 19.6 Å². The van der Waals surface area contributed by atoms with Gasteiger partial charge in [0.25, 0.3) is 5.56 Å². The van der Waals surface area contributed by atoms with E-state index in [1.165, 1.54) is 18.2 Å². The smallest absolute Gasteiger partial charge is 0.326 e. The number of piperidine rings is 1. The number of fused-ring (bicyclic) bond motifs is 1. The Hall–Kier alpha value is -2.50. The molecule has 1 atom stereocenters. The highest BCUT2D eigenvalue weighted by Crippen LogP contribution is 2.16. The number of aromatic amines is 2. The van der Waals surface area contributed by atoms with Crippen molar-refractivity contribution in [2.24, 2.45) is 11.7 Å². The van der Waals surface area contributed by atoms with Crippen LogP contribution in [0.3, 0.4) is 0 Å². The van der Waals surface area contributed by atoms with E-state index in [0.29, 0.717) is 19.5 Å². The Morgan fingerprint density at radius 2 is 2.07 bits per heavy atom. The molecule has 1 aliphatic heterocycles. The van der Waals surface area contributed by atoms with E-state index in [0.717, 1.165) is 19.4 Å². The fraction of sp³-hybridized carbons (Fsp3) is 0.471. The molecule has 0 radical (unpaired) electrons. The number of sulfonamides is 1. The number of carbonyl (C=O) groups is 1. The van der Waals surface area contributed by atoms with Crippen LogP contribution >= 0.6 is 0 Å². The first-order chi connectivity index (χ1) is 13.3. The van der Waals surface area contributed by atoms with Gasteiger partial charge in [0.05, 0.1) is 21.7 Å². The van der Waals surface area contributed by atoms with Crippen LogP contribution in [0.25, 0.3) is 10.9 Å². The number of hydrogen-bond donors (Lipinski definition) is 4. The van der Waals surface area contributed by atoms with Gasteiger partial charge in [0.2, 0.25) is 15.9 Å². The number of primary amides is 1. The molecule has 10 nitrogen and oxygen atoms in total. The van der Waals surface area contributed by atoms with E-state index >= 15 is 0 Å². The van der Waals surface area contributed by atoms with E-state index < -0.39 is 21.3 Å².